The number of nitrogens with one attached hydrogen (secondary N) is 1. The number of H-pyrrole nitrogens is 1. The summed E-state index contributed by atoms with van der Waals surface area (Å²) in [7, 11) is 0. The molecular formula is C20H20N6OS2. The standard InChI is InChI=1S/C20H20N6OS2/c27-18-16-12-2-1-3-14(12)29-20(16)24-15(23-18)10-25-5-7-26(8-6-25)17-13-4-9-28-19(13)22-11-21-17/h4,9,11H,1-3,5-8,10H2,(H,23,24,27). The van der Waals surface area contributed by atoms with Gasteiger partial charge in [0.2, 0.25) is 0 Å². The van der Waals surface area contributed by atoms with Crippen molar-refractivity contribution >= 4 is 48.9 Å². The number of rotatable bonds is 3. The molecule has 0 bridgehead atoms. The van der Waals surface area contributed by atoms with E-state index in [4.69, 9.17) is 4.98 Å². The normalized spacial score (nSPS) is 17.4. The van der Waals surface area contributed by atoms with Gasteiger partial charge in [-0.15, -0.1) is 22.7 Å². The first-order chi connectivity index (χ1) is 14.3. The molecule has 0 saturated carbocycles. The highest BCUT2D eigenvalue weighted by Crippen LogP contribution is 2.34. The minimum atomic E-state index is 0.0314. The van der Waals surface area contributed by atoms with Crippen molar-refractivity contribution in [3.63, 3.8) is 0 Å². The first-order valence-corrected chi connectivity index (χ1v) is 11.6. The highest BCUT2D eigenvalue weighted by molar-refractivity contribution is 7.18. The summed E-state index contributed by atoms with van der Waals surface area (Å²) in [6, 6.07) is 2.10. The molecule has 2 aliphatic rings. The van der Waals surface area contributed by atoms with Gasteiger partial charge in [0.1, 0.15) is 27.6 Å². The summed E-state index contributed by atoms with van der Waals surface area (Å²) in [5, 5.41) is 4.03. The fourth-order valence-corrected chi connectivity index (χ4v) is 6.49. The number of nitrogens with zero attached hydrogens (tertiary/aromatic N) is 5. The SMILES string of the molecule is O=c1[nH]c(CN2CCN(c3ncnc4sccc34)CC2)nc2sc3c(c12)CCC3. The van der Waals surface area contributed by atoms with Crippen molar-refractivity contribution in [1.29, 1.82) is 0 Å². The summed E-state index contributed by atoms with van der Waals surface area (Å²) in [5.74, 6) is 1.80. The van der Waals surface area contributed by atoms with Crippen LogP contribution in [0, 0.1) is 0 Å². The van der Waals surface area contributed by atoms with Gasteiger partial charge in [-0.1, -0.05) is 0 Å². The predicted molar refractivity (Wildman–Crippen MR) is 117 cm³/mol. The molecule has 1 aliphatic heterocycles. The smallest absolute Gasteiger partial charge is 0.259 e. The Morgan fingerprint density at radius 2 is 2.00 bits per heavy atom. The molecule has 9 heteroatoms. The third-order valence-electron chi connectivity index (χ3n) is 5.91. The Hall–Kier alpha value is -2.36. The second-order valence-corrected chi connectivity index (χ2v) is 9.63. The largest absolute Gasteiger partial charge is 0.353 e. The monoisotopic (exact) mass is 424 g/mol. The minimum Gasteiger partial charge on any atom is -0.353 e. The lowest BCUT2D eigenvalue weighted by Crippen LogP contribution is -2.46. The van der Waals surface area contributed by atoms with Gasteiger partial charge in [-0.3, -0.25) is 9.69 Å². The summed E-state index contributed by atoms with van der Waals surface area (Å²) < 4.78 is 0. The van der Waals surface area contributed by atoms with Crippen LogP contribution in [0.4, 0.5) is 5.82 Å². The van der Waals surface area contributed by atoms with E-state index in [9.17, 15) is 4.79 Å². The fraction of sp³-hybridized carbons (Fsp3) is 0.400. The number of fused-ring (bicyclic) bond motifs is 4. The molecule has 4 aromatic heterocycles. The van der Waals surface area contributed by atoms with Gasteiger partial charge in [0, 0.05) is 31.1 Å². The molecule has 1 saturated heterocycles. The van der Waals surface area contributed by atoms with Crippen molar-refractivity contribution in [3.8, 4) is 0 Å². The fourth-order valence-electron chi connectivity index (χ4n) is 4.48. The number of anilines is 1. The van der Waals surface area contributed by atoms with Crippen LogP contribution >= 0.6 is 22.7 Å². The molecule has 0 radical (unpaired) electrons. The second-order valence-electron chi connectivity index (χ2n) is 7.65. The maximum atomic E-state index is 12.7. The zero-order valence-electron chi connectivity index (χ0n) is 15.8. The Morgan fingerprint density at radius 3 is 2.90 bits per heavy atom. The van der Waals surface area contributed by atoms with Gasteiger partial charge >= 0.3 is 0 Å². The zero-order chi connectivity index (χ0) is 19.4. The molecule has 0 spiro atoms. The van der Waals surface area contributed by atoms with Crippen LogP contribution in [0.5, 0.6) is 0 Å². The highest BCUT2D eigenvalue weighted by Gasteiger charge is 2.23. The molecule has 7 nitrogen and oxygen atoms in total. The van der Waals surface area contributed by atoms with E-state index in [0.717, 1.165) is 77.5 Å². The minimum absolute atomic E-state index is 0.0314. The summed E-state index contributed by atoms with van der Waals surface area (Å²) in [5.41, 5.74) is 1.27. The molecule has 1 fully saturated rings. The molecule has 6 rings (SSSR count). The van der Waals surface area contributed by atoms with Crippen molar-refractivity contribution in [2.24, 2.45) is 0 Å². The van der Waals surface area contributed by atoms with E-state index in [2.05, 4.69) is 36.2 Å². The van der Waals surface area contributed by atoms with Crippen LogP contribution in [0.25, 0.3) is 20.4 Å². The Morgan fingerprint density at radius 1 is 1.10 bits per heavy atom. The molecule has 5 heterocycles. The van der Waals surface area contributed by atoms with Crippen LogP contribution in [0.1, 0.15) is 22.7 Å². The Bertz CT molecular complexity index is 1270. The molecule has 0 aromatic carbocycles. The second kappa shape index (κ2) is 6.86. The summed E-state index contributed by atoms with van der Waals surface area (Å²) in [6.45, 7) is 4.32. The van der Waals surface area contributed by atoms with E-state index < -0.39 is 0 Å². The molecule has 0 unspecified atom stereocenters. The van der Waals surface area contributed by atoms with Gasteiger partial charge in [0.15, 0.2) is 0 Å². The third kappa shape index (κ3) is 2.95. The number of hydrogen-bond acceptors (Lipinski definition) is 8. The molecule has 4 aromatic rings. The van der Waals surface area contributed by atoms with E-state index in [-0.39, 0.29) is 5.56 Å². The van der Waals surface area contributed by atoms with E-state index in [1.165, 1.54) is 10.4 Å². The number of hydrogen-bond donors (Lipinski definition) is 1. The van der Waals surface area contributed by atoms with Crippen molar-refractivity contribution in [2.45, 2.75) is 25.8 Å². The van der Waals surface area contributed by atoms with Crippen molar-refractivity contribution in [3.05, 3.63) is 44.4 Å². The van der Waals surface area contributed by atoms with E-state index in [1.807, 2.05) is 0 Å². The predicted octanol–water partition coefficient (Wildman–Crippen LogP) is 2.80. The van der Waals surface area contributed by atoms with Crippen molar-refractivity contribution in [1.82, 2.24) is 24.8 Å². The Kier molecular flexibility index (Phi) is 4.14. The van der Waals surface area contributed by atoms with Gasteiger partial charge in [0.25, 0.3) is 5.56 Å². The van der Waals surface area contributed by atoms with Crippen LogP contribution in [-0.4, -0.2) is 51.0 Å². The average Bonchev–Trinajstić information content (AvgIpc) is 3.43. The molecule has 1 aliphatic carbocycles. The van der Waals surface area contributed by atoms with E-state index in [0.29, 0.717) is 6.54 Å². The molecule has 0 amide bonds. The number of aryl methyl sites for hydroxylation is 2. The van der Waals surface area contributed by atoms with Crippen LogP contribution in [-0.2, 0) is 19.4 Å². The first kappa shape index (κ1) is 17.5. The summed E-state index contributed by atoms with van der Waals surface area (Å²) >= 11 is 3.35. The molecule has 148 valence electrons. The van der Waals surface area contributed by atoms with Crippen LogP contribution in [0.2, 0.25) is 0 Å². The van der Waals surface area contributed by atoms with Gasteiger partial charge in [-0.2, -0.15) is 0 Å². The lowest BCUT2D eigenvalue weighted by Gasteiger charge is -2.35. The number of piperazine rings is 1. The lowest BCUT2D eigenvalue weighted by atomic mass is 10.2. The van der Waals surface area contributed by atoms with Gasteiger partial charge < -0.3 is 9.88 Å². The quantitative estimate of drug-likeness (QED) is 0.545. The van der Waals surface area contributed by atoms with Crippen molar-refractivity contribution in [2.75, 3.05) is 31.1 Å². The molecule has 0 atom stereocenters. The Labute approximate surface area is 175 Å². The lowest BCUT2D eigenvalue weighted by molar-refractivity contribution is 0.244. The van der Waals surface area contributed by atoms with Crippen molar-refractivity contribution < 1.29 is 0 Å². The molecular weight excluding hydrogens is 404 g/mol. The topological polar surface area (TPSA) is 78.0 Å². The highest BCUT2D eigenvalue weighted by atomic mass is 32.1. The maximum Gasteiger partial charge on any atom is 0.259 e. The first-order valence-electron chi connectivity index (χ1n) is 9.95. The van der Waals surface area contributed by atoms with Crippen LogP contribution < -0.4 is 10.5 Å². The van der Waals surface area contributed by atoms with E-state index >= 15 is 0 Å². The van der Waals surface area contributed by atoms with E-state index in [1.54, 1.807) is 29.0 Å². The summed E-state index contributed by atoms with van der Waals surface area (Å²) in [6.07, 6.45) is 4.92. The van der Waals surface area contributed by atoms with Crippen LogP contribution in [0.3, 0.4) is 0 Å². The molecule has 29 heavy (non-hydrogen) atoms. The number of aromatic amines is 1. The average molecular weight is 425 g/mol. The Balaban J connectivity index is 1.19. The van der Waals surface area contributed by atoms with Crippen LogP contribution in [0.15, 0.2) is 22.6 Å². The van der Waals surface area contributed by atoms with Gasteiger partial charge in [-0.05, 0) is 36.3 Å². The number of thiophene rings is 2. The summed E-state index contributed by atoms with van der Waals surface area (Å²) in [4.78, 5) is 37.4. The zero-order valence-corrected chi connectivity index (χ0v) is 17.5. The molecule has 1 N–H and O–H groups in total. The van der Waals surface area contributed by atoms with Gasteiger partial charge in [-0.25, -0.2) is 15.0 Å². The van der Waals surface area contributed by atoms with Gasteiger partial charge in [0.05, 0.1) is 17.3 Å². The third-order valence-corrected chi connectivity index (χ3v) is 7.92. The maximum absolute atomic E-state index is 12.7. The number of aromatic nitrogens is 4.